The largest absolute Gasteiger partial charge is 0.396 e. The third kappa shape index (κ3) is 1.75. The predicted molar refractivity (Wildman–Crippen MR) is 62.9 cm³/mol. The summed E-state index contributed by atoms with van der Waals surface area (Å²) in [6.45, 7) is 4.29. The Labute approximate surface area is 91.7 Å². The molecule has 0 bridgehead atoms. The summed E-state index contributed by atoms with van der Waals surface area (Å²) in [7, 11) is 0. The van der Waals surface area contributed by atoms with Crippen LogP contribution in [0.4, 0.5) is 5.69 Å². The second-order valence-electron chi connectivity index (χ2n) is 4.40. The molecule has 1 aromatic heterocycles. The van der Waals surface area contributed by atoms with Crippen LogP contribution in [0.2, 0.25) is 0 Å². The van der Waals surface area contributed by atoms with Crippen LogP contribution in [0.25, 0.3) is 0 Å². The molecule has 1 aliphatic rings. The molecule has 0 amide bonds. The Balaban J connectivity index is 2.36. The Hall–Kier alpha value is -0.990. The van der Waals surface area contributed by atoms with Gasteiger partial charge in [0, 0.05) is 0 Å². The van der Waals surface area contributed by atoms with Crippen molar-refractivity contribution >= 4 is 5.69 Å². The number of rotatable bonds is 3. The van der Waals surface area contributed by atoms with Gasteiger partial charge >= 0.3 is 0 Å². The smallest absolute Gasteiger partial charge is 0.0854 e. The zero-order valence-corrected chi connectivity index (χ0v) is 9.79. The molecule has 1 aliphatic carbocycles. The second-order valence-corrected chi connectivity index (χ2v) is 4.40. The van der Waals surface area contributed by atoms with Gasteiger partial charge in [-0.1, -0.05) is 26.7 Å². The molecular weight excluding hydrogens is 186 g/mol. The molecule has 0 unspecified atom stereocenters. The summed E-state index contributed by atoms with van der Waals surface area (Å²) in [4.78, 5) is 0. The van der Waals surface area contributed by atoms with Crippen LogP contribution in [0.1, 0.15) is 57.0 Å². The highest BCUT2D eigenvalue weighted by molar-refractivity contribution is 5.48. The van der Waals surface area contributed by atoms with Gasteiger partial charge in [-0.05, 0) is 25.7 Å². The fourth-order valence-corrected chi connectivity index (χ4v) is 2.60. The number of anilines is 1. The number of nitrogen functional groups attached to an aromatic ring is 1. The monoisotopic (exact) mass is 207 g/mol. The lowest BCUT2D eigenvalue weighted by Gasteiger charge is -2.13. The average molecular weight is 207 g/mol. The third-order valence-corrected chi connectivity index (χ3v) is 3.47. The molecule has 15 heavy (non-hydrogen) atoms. The van der Waals surface area contributed by atoms with E-state index in [9.17, 15) is 0 Å². The summed E-state index contributed by atoms with van der Waals surface area (Å²) in [6, 6.07) is 0.613. The van der Waals surface area contributed by atoms with Crippen LogP contribution in [0.5, 0.6) is 0 Å². The van der Waals surface area contributed by atoms with Gasteiger partial charge in [0.15, 0.2) is 0 Å². The van der Waals surface area contributed by atoms with Gasteiger partial charge in [0.1, 0.15) is 0 Å². The van der Waals surface area contributed by atoms with Crippen LogP contribution in [0.3, 0.4) is 0 Å². The highest BCUT2D eigenvalue weighted by Crippen LogP contribution is 2.32. The molecule has 1 fully saturated rings. The van der Waals surface area contributed by atoms with Gasteiger partial charge in [0.05, 0.1) is 23.1 Å². The Morgan fingerprint density at radius 2 is 1.93 bits per heavy atom. The molecular formula is C12H21N3. The van der Waals surface area contributed by atoms with Crippen molar-refractivity contribution in [2.24, 2.45) is 0 Å². The summed E-state index contributed by atoms with van der Waals surface area (Å²) >= 11 is 0. The van der Waals surface area contributed by atoms with Crippen molar-refractivity contribution < 1.29 is 0 Å². The minimum Gasteiger partial charge on any atom is -0.396 e. The lowest BCUT2D eigenvalue weighted by Crippen LogP contribution is -2.10. The van der Waals surface area contributed by atoms with Crippen LogP contribution < -0.4 is 5.73 Å². The van der Waals surface area contributed by atoms with E-state index in [1.54, 1.807) is 0 Å². The molecule has 0 radical (unpaired) electrons. The van der Waals surface area contributed by atoms with Gasteiger partial charge < -0.3 is 5.73 Å². The molecule has 2 rings (SSSR count). The molecule has 0 saturated heterocycles. The van der Waals surface area contributed by atoms with Gasteiger partial charge in [0.2, 0.25) is 0 Å². The van der Waals surface area contributed by atoms with E-state index in [0.717, 1.165) is 24.2 Å². The number of hydrogen-bond donors (Lipinski definition) is 1. The molecule has 1 heterocycles. The molecule has 84 valence electrons. The number of nitrogens with two attached hydrogens (primary N) is 1. The Morgan fingerprint density at radius 3 is 2.47 bits per heavy atom. The molecule has 1 aromatic rings. The first-order chi connectivity index (χ1) is 7.27. The van der Waals surface area contributed by atoms with Gasteiger partial charge in [-0.2, -0.15) is 5.10 Å². The van der Waals surface area contributed by atoms with Crippen molar-refractivity contribution in [2.75, 3.05) is 5.73 Å². The van der Waals surface area contributed by atoms with Gasteiger partial charge in [-0.15, -0.1) is 0 Å². The van der Waals surface area contributed by atoms with Crippen molar-refractivity contribution in [2.45, 2.75) is 58.4 Å². The molecule has 1 saturated carbocycles. The first-order valence-corrected chi connectivity index (χ1v) is 6.13. The molecule has 3 nitrogen and oxygen atoms in total. The predicted octanol–water partition coefficient (Wildman–Crippen LogP) is 2.71. The van der Waals surface area contributed by atoms with Crippen LogP contribution in [0.15, 0.2) is 0 Å². The topological polar surface area (TPSA) is 43.8 Å². The SMILES string of the molecule is CCc1nn(C2CCCC2)c(CC)c1N. The lowest BCUT2D eigenvalue weighted by atomic mass is 10.2. The van der Waals surface area contributed by atoms with Gasteiger partial charge in [-0.25, -0.2) is 0 Å². The fraction of sp³-hybridized carbons (Fsp3) is 0.750. The molecule has 0 aliphatic heterocycles. The third-order valence-electron chi connectivity index (χ3n) is 3.47. The molecule has 0 spiro atoms. The summed E-state index contributed by atoms with van der Waals surface area (Å²) in [6.07, 6.45) is 7.17. The first-order valence-electron chi connectivity index (χ1n) is 6.13. The van der Waals surface area contributed by atoms with Crippen LogP contribution >= 0.6 is 0 Å². The minimum atomic E-state index is 0.613. The fourth-order valence-electron chi connectivity index (χ4n) is 2.60. The van der Waals surface area contributed by atoms with Crippen molar-refractivity contribution in [3.63, 3.8) is 0 Å². The molecule has 2 N–H and O–H groups in total. The summed E-state index contributed by atoms with van der Waals surface area (Å²) in [5, 5.41) is 4.67. The Morgan fingerprint density at radius 1 is 1.27 bits per heavy atom. The quantitative estimate of drug-likeness (QED) is 0.828. The number of hydrogen-bond acceptors (Lipinski definition) is 2. The first kappa shape index (κ1) is 10.5. The van der Waals surface area contributed by atoms with Crippen LogP contribution in [-0.4, -0.2) is 9.78 Å². The molecule has 0 atom stereocenters. The zero-order chi connectivity index (χ0) is 10.8. The van der Waals surface area contributed by atoms with Crippen molar-refractivity contribution in [3.05, 3.63) is 11.4 Å². The van der Waals surface area contributed by atoms with Crippen molar-refractivity contribution in [1.82, 2.24) is 9.78 Å². The van der Waals surface area contributed by atoms with Crippen LogP contribution in [-0.2, 0) is 12.8 Å². The molecule has 3 heteroatoms. The number of nitrogens with zero attached hydrogens (tertiary/aromatic N) is 2. The second kappa shape index (κ2) is 4.25. The summed E-state index contributed by atoms with van der Waals surface area (Å²) in [5.41, 5.74) is 9.38. The van der Waals surface area contributed by atoms with E-state index in [4.69, 9.17) is 5.73 Å². The maximum atomic E-state index is 6.11. The standard InChI is InChI=1S/C12H21N3/c1-3-10-12(13)11(4-2)15(14-10)9-7-5-6-8-9/h9H,3-8,13H2,1-2H3. The number of aryl methyl sites for hydroxylation is 1. The van der Waals surface area contributed by atoms with Crippen molar-refractivity contribution in [3.8, 4) is 0 Å². The Bertz CT molecular complexity index is 335. The maximum Gasteiger partial charge on any atom is 0.0854 e. The average Bonchev–Trinajstić information content (AvgIpc) is 2.84. The highest BCUT2D eigenvalue weighted by atomic mass is 15.3. The number of aromatic nitrogens is 2. The van der Waals surface area contributed by atoms with E-state index >= 15 is 0 Å². The Kier molecular flexibility index (Phi) is 2.98. The van der Waals surface area contributed by atoms with Gasteiger partial charge in [0.25, 0.3) is 0 Å². The van der Waals surface area contributed by atoms with Crippen molar-refractivity contribution in [1.29, 1.82) is 0 Å². The minimum absolute atomic E-state index is 0.613. The molecule has 0 aromatic carbocycles. The summed E-state index contributed by atoms with van der Waals surface area (Å²) in [5.74, 6) is 0. The highest BCUT2D eigenvalue weighted by Gasteiger charge is 2.22. The maximum absolute atomic E-state index is 6.11. The normalized spacial score (nSPS) is 17.5. The van der Waals surface area contributed by atoms with Gasteiger partial charge in [-0.3, -0.25) is 4.68 Å². The van der Waals surface area contributed by atoms with Crippen LogP contribution in [0, 0.1) is 0 Å². The van der Waals surface area contributed by atoms with E-state index in [-0.39, 0.29) is 0 Å². The zero-order valence-electron chi connectivity index (χ0n) is 9.79. The van der Waals surface area contributed by atoms with E-state index in [0.29, 0.717) is 6.04 Å². The lowest BCUT2D eigenvalue weighted by molar-refractivity contribution is 0.448. The van der Waals surface area contributed by atoms with E-state index < -0.39 is 0 Å². The van der Waals surface area contributed by atoms with E-state index in [1.165, 1.54) is 31.4 Å². The van der Waals surface area contributed by atoms with E-state index in [2.05, 4.69) is 23.6 Å². The summed E-state index contributed by atoms with van der Waals surface area (Å²) < 4.78 is 2.21. The van der Waals surface area contributed by atoms with E-state index in [1.807, 2.05) is 0 Å².